The van der Waals surface area contributed by atoms with Gasteiger partial charge in [-0.25, -0.2) is 4.79 Å². The average molecular weight is 334 g/mol. The van der Waals surface area contributed by atoms with E-state index in [0.717, 1.165) is 18.2 Å². The maximum Gasteiger partial charge on any atom is 0.407 e. The Kier molecular flexibility index (Phi) is 5.95. The van der Waals surface area contributed by atoms with Gasteiger partial charge in [0.1, 0.15) is 6.10 Å². The number of halogens is 1. The highest BCUT2D eigenvalue weighted by Gasteiger charge is 2.39. The van der Waals surface area contributed by atoms with Gasteiger partial charge in [-0.3, -0.25) is 0 Å². The summed E-state index contributed by atoms with van der Waals surface area (Å²) in [5.41, 5.74) is 0. The monoisotopic (exact) mass is 333 g/mol. The number of aliphatic hydroxyl groups excluding tert-OH is 1. The molecule has 2 rings (SSSR count). The van der Waals surface area contributed by atoms with Gasteiger partial charge >= 0.3 is 6.09 Å². The van der Waals surface area contributed by atoms with E-state index >= 15 is 0 Å². The fraction of sp³-hybridized carbons (Fsp3) is 0.929. The van der Waals surface area contributed by atoms with E-state index in [9.17, 15) is 9.90 Å². The molecular formula is C14H24BrNO3. The normalized spacial score (nSPS) is 29.9. The molecule has 1 aliphatic carbocycles. The van der Waals surface area contributed by atoms with E-state index in [4.69, 9.17) is 4.74 Å². The van der Waals surface area contributed by atoms with Crippen LogP contribution in [0.3, 0.4) is 0 Å². The molecule has 0 bridgehead atoms. The van der Waals surface area contributed by atoms with Crippen molar-refractivity contribution in [1.82, 2.24) is 5.32 Å². The molecule has 110 valence electrons. The van der Waals surface area contributed by atoms with Gasteiger partial charge in [0.2, 0.25) is 0 Å². The number of carbonyl (C=O) groups is 1. The van der Waals surface area contributed by atoms with Crippen molar-refractivity contribution in [2.24, 2.45) is 5.92 Å². The van der Waals surface area contributed by atoms with Crippen LogP contribution in [0, 0.1) is 5.92 Å². The van der Waals surface area contributed by atoms with Crippen molar-refractivity contribution in [3.05, 3.63) is 0 Å². The third-order valence-electron chi connectivity index (χ3n) is 4.27. The fourth-order valence-electron chi connectivity index (χ4n) is 3.25. The smallest absolute Gasteiger partial charge is 0.407 e. The molecule has 3 atom stereocenters. The molecule has 2 fully saturated rings. The highest BCUT2D eigenvalue weighted by Crippen LogP contribution is 2.30. The second-order valence-electron chi connectivity index (χ2n) is 5.76. The third-order valence-corrected chi connectivity index (χ3v) is 4.83. The SMILES string of the molecule is O=C1N[C@@H](CC2CCCCC2)[C@H](C(O)CCCBr)O1. The molecule has 1 heterocycles. The van der Waals surface area contributed by atoms with E-state index < -0.39 is 6.10 Å². The van der Waals surface area contributed by atoms with Crippen molar-refractivity contribution in [3.63, 3.8) is 0 Å². The Balaban J connectivity index is 1.86. The summed E-state index contributed by atoms with van der Waals surface area (Å²) in [6, 6.07) is -0.0130. The number of carbonyl (C=O) groups excluding carboxylic acids is 1. The Morgan fingerprint density at radius 3 is 2.79 bits per heavy atom. The first-order valence-corrected chi connectivity index (χ1v) is 8.54. The number of aliphatic hydroxyl groups is 1. The van der Waals surface area contributed by atoms with Gasteiger partial charge in [0, 0.05) is 5.33 Å². The Labute approximate surface area is 123 Å². The summed E-state index contributed by atoms with van der Waals surface area (Å²) in [4.78, 5) is 11.4. The number of nitrogens with one attached hydrogen (secondary N) is 1. The van der Waals surface area contributed by atoms with Gasteiger partial charge in [-0.15, -0.1) is 0 Å². The molecule has 0 aromatic heterocycles. The maximum absolute atomic E-state index is 11.4. The Morgan fingerprint density at radius 1 is 1.37 bits per heavy atom. The topological polar surface area (TPSA) is 58.6 Å². The van der Waals surface area contributed by atoms with Crippen molar-refractivity contribution in [2.75, 3.05) is 5.33 Å². The van der Waals surface area contributed by atoms with E-state index in [1.165, 1.54) is 32.1 Å². The van der Waals surface area contributed by atoms with Crippen LogP contribution in [0.5, 0.6) is 0 Å². The number of alkyl halides is 1. The highest BCUT2D eigenvalue weighted by molar-refractivity contribution is 9.09. The molecule has 2 aliphatic rings. The van der Waals surface area contributed by atoms with Crippen LogP contribution >= 0.6 is 15.9 Å². The van der Waals surface area contributed by atoms with Gasteiger partial charge < -0.3 is 15.2 Å². The van der Waals surface area contributed by atoms with Crippen molar-refractivity contribution >= 4 is 22.0 Å². The Bertz CT molecular complexity index is 294. The predicted molar refractivity (Wildman–Crippen MR) is 77.4 cm³/mol. The number of hydrogen-bond donors (Lipinski definition) is 2. The lowest BCUT2D eigenvalue weighted by Crippen LogP contribution is -2.40. The largest absolute Gasteiger partial charge is 0.441 e. The summed E-state index contributed by atoms with van der Waals surface area (Å²) in [5.74, 6) is 0.673. The summed E-state index contributed by atoms with van der Waals surface area (Å²) in [5, 5.41) is 13.9. The molecule has 0 spiro atoms. The first-order valence-electron chi connectivity index (χ1n) is 7.42. The highest BCUT2D eigenvalue weighted by atomic mass is 79.9. The summed E-state index contributed by atoms with van der Waals surface area (Å²) in [6.45, 7) is 0. The van der Waals surface area contributed by atoms with Crippen molar-refractivity contribution in [1.29, 1.82) is 0 Å². The lowest BCUT2D eigenvalue weighted by molar-refractivity contribution is 0.0102. The number of ether oxygens (including phenoxy) is 1. The molecule has 0 aromatic rings. The minimum absolute atomic E-state index is 0.0130. The minimum Gasteiger partial charge on any atom is -0.441 e. The first kappa shape index (κ1) is 15.1. The van der Waals surface area contributed by atoms with E-state index in [1.807, 2.05) is 0 Å². The molecule has 1 unspecified atom stereocenters. The fourth-order valence-corrected chi connectivity index (χ4v) is 3.57. The van der Waals surface area contributed by atoms with Gasteiger partial charge in [0.15, 0.2) is 0 Å². The second kappa shape index (κ2) is 7.48. The maximum atomic E-state index is 11.4. The number of alkyl carbamates (subject to hydrolysis) is 1. The molecule has 2 N–H and O–H groups in total. The lowest BCUT2D eigenvalue weighted by atomic mass is 9.83. The van der Waals surface area contributed by atoms with Gasteiger partial charge in [0.05, 0.1) is 12.1 Å². The van der Waals surface area contributed by atoms with Crippen LogP contribution in [0.2, 0.25) is 0 Å². The van der Waals surface area contributed by atoms with E-state index in [1.54, 1.807) is 0 Å². The number of amides is 1. The van der Waals surface area contributed by atoms with Crippen LogP contribution in [0.15, 0.2) is 0 Å². The third kappa shape index (κ3) is 4.35. The number of hydrogen-bond acceptors (Lipinski definition) is 3. The van der Waals surface area contributed by atoms with Crippen LogP contribution in [-0.2, 0) is 4.74 Å². The molecule has 1 aliphatic heterocycles. The zero-order valence-corrected chi connectivity index (χ0v) is 12.9. The summed E-state index contributed by atoms with van der Waals surface area (Å²) < 4.78 is 5.26. The average Bonchev–Trinajstić information content (AvgIpc) is 2.78. The van der Waals surface area contributed by atoms with E-state index in [0.29, 0.717) is 12.3 Å². The van der Waals surface area contributed by atoms with Crippen molar-refractivity contribution in [2.45, 2.75) is 69.6 Å². The van der Waals surface area contributed by atoms with Gasteiger partial charge in [-0.05, 0) is 25.2 Å². The van der Waals surface area contributed by atoms with Crippen LogP contribution in [0.4, 0.5) is 4.79 Å². The van der Waals surface area contributed by atoms with Gasteiger partial charge in [0.25, 0.3) is 0 Å². The molecule has 5 heteroatoms. The molecule has 1 saturated heterocycles. The minimum atomic E-state index is -0.551. The lowest BCUT2D eigenvalue weighted by Gasteiger charge is -2.27. The zero-order valence-electron chi connectivity index (χ0n) is 11.3. The number of cyclic esters (lactones) is 1. The quantitative estimate of drug-likeness (QED) is 0.734. The number of rotatable bonds is 6. The predicted octanol–water partition coefficient (Wildman–Crippen LogP) is 2.97. The standard InChI is InChI=1S/C14H24BrNO3/c15-8-4-7-12(17)13-11(16-14(18)19-13)9-10-5-2-1-3-6-10/h10-13,17H,1-9H2,(H,16,18)/t11-,12?,13+/m0/s1. The molecule has 1 amide bonds. The molecule has 0 radical (unpaired) electrons. The molecular weight excluding hydrogens is 310 g/mol. The van der Waals surface area contributed by atoms with E-state index in [2.05, 4.69) is 21.2 Å². The summed E-state index contributed by atoms with van der Waals surface area (Å²) >= 11 is 3.36. The van der Waals surface area contributed by atoms with E-state index in [-0.39, 0.29) is 18.2 Å². The molecule has 0 aromatic carbocycles. The van der Waals surface area contributed by atoms with Crippen LogP contribution in [0.1, 0.15) is 51.4 Å². The molecule has 1 saturated carbocycles. The second-order valence-corrected chi connectivity index (χ2v) is 6.55. The molecule has 19 heavy (non-hydrogen) atoms. The van der Waals surface area contributed by atoms with Crippen LogP contribution in [-0.4, -0.2) is 34.8 Å². The first-order chi connectivity index (χ1) is 9.20. The van der Waals surface area contributed by atoms with Crippen molar-refractivity contribution in [3.8, 4) is 0 Å². The Morgan fingerprint density at radius 2 is 2.11 bits per heavy atom. The van der Waals surface area contributed by atoms with Crippen LogP contribution in [0.25, 0.3) is 0 Å². The summed E-state index contributed by atoms with van der Waals surface area (Å²) in [7, 11) is 0. The summed E-state index contributed by atoms with van der Waals surface area (Å²) in [6.07, 6.45) is 7.64. The van der Waals surface area contributed by atoms with Gasteiger partial charge in [-0.2, -0.15) is 0 Å². The van der Waals surface area contributed by atoms with Crippen LogP contribution < -0.4 is 5.32 Å². The molecule has 4 nitrogen and oxygen atoms in total. The zero-order chi connectivity index (χ0) is 13.7. The van der Waals surface area contributed by atoms with Gasteiger partial charge in [-0.1, -0.05) is 48.0 Å². The van der Waals surface area contributed by atoms with Crippen molar-refractivity contribution < 1.29 is 14.6 Å². The Hall–Kier alpha value is -0.290.